The molecule has 0 spiro atoms. The highest BCUT2D eigenvalue weighted by Gasteiger charge is 2.35. The molecular weight excluding hydrogens is 376 g/mol. The summed E-state index contributed by atoms with van der Waals surface area (Å²) >= 11 is 0. The molecule has 0 bridgehead atoms. The highest BCUT2D eigenvalue weighted by molar-refractivity contribution is 7.91. The number of amides is 1. The van der Waals surface area contributed by atoms with Gasteiger partial charge in [0.2, 0.25) is 5.91 Å². The number of nitrogens with zero attached hydrogens (tertiary/aromatic N) is 1. The lowest BCUT2D eigenvalue weighted by atomic mass is 10.00. The van der Waals surface area contributed by atoms with E-state index < -0.39 is 38.6 Å². The van der Waals surface area contributed by atoms with Gasteiger partial charge >= 0.3 is 5.97 Å². The highest BCUT2D eigenvalue weighted by atomic mass is 32.2. The number of rotatable bonds is 7. The topological polar surface area (TPSA) is 133 Å². The fraction of sp³-hybridized carbons (Fsp3) is 0.529. The van der Waals surface area contributed by atoms with Gasteiger partial charge in [0.25, 0.3) is 5.69 Å². The molecule has 1 saturated heterocycles. The first-order valence-corrected chi connectivity index (χ1v) is 10.3. The zero-order valence-corrected chi connectivity index (χ0v) is 15.9. The summed E-state index contributed by atoms with van der Waals surface area (Å²) in [5, 5.41) is 13.9. The minimum atomic E-state index is -3.26. The second-order valence-corrected chi connectivity index (χ2v) is 8.95. The van der Waals surface area contributed by atoms with Crippen molar-refractivity contribution in [2.24, 2.45) is 5.92 Å². The van der Waals surface area contributed by atoms with Gasteiger partial charge in [0.05, 0.1) is 46.5 Å². The normalized spacial score (nSPS) is 19.4. The van der Waals surface area contributed by atoms with Crippen molar-refractivity contribution in [3.8, 4) is 0 Å². The summed E-state index contributed by atoms with van der Waals surface area (Å²) in [5.41, 5.74) is -0.0726. The molecule has 1 heterocycles. The predicted octanol–water partition coefficient (Wildman–Crippen LogP) is 1.53. The van der Waals surface area contributed by atoms with Gasteiger partial charge in [-0.25, -0.2) is 8.42 Å². The number of ether oxygens (including phenoxy) is 1. The first-order chi connectivity index (χ1) is 12.6. The number of nitro benzene ring substituents is 1. The molecule has 1 aliphatic heterocycles. The van der Waals surface area contributed by atoms with Gasteiger partial charge in [-0.3, -0.25) is 19.7 Å². The van der Waals surface area contributed by atoms with Gasteiger partial charge in [0.15, 0.2) is 9.84 Å². The molecule has 27 heavy (non-hydrogen) atoms. The molecule has 2 atom stereocenters. The number of benzene rings is 1. The Morgan fingerprint density at radius 1 is 1.33 bits per heavy atom. The van der Waals surface area contributed by atoms with Crippen molar-refractivity contribution >= 4 is 27.4 Å². The van der Waals surface area contributed by atoms with E-state index in [1.54, 1.807) is 19.9 Å². The Labute approximate surface area is 157 Å². The maximum atomic E-state index is 12.5. The average Bonchev–Trinajstić information content (AvgIpc) is 2.93. The summed E-state index contributed by atoms with van der Waals surface area (Å²) in [7, 11) is -3.26. The summed E-state index contributed by atoms with van der Waals surface area (Å²) < 4.78 is 28.3. The number of nitro groups is 1. The molecule has 10 heteroatoms. The fourth-order valence-corrected chi connectivity index (χ4v) is 4.70. The number of carbonyl (C=O) groups excluding carboxylic acids is 2. The summed E-state index contributed by atoms with van der Waals surface area (Å²) in [6, 6.07) is 4.79. The SMILES string of the molecule is CC(C)OC(=O)CC(NC(=O)C1CCS(=O)(=O)C1)c1ccccc1[N+](=O)[O-]. The molecule has 2 rings (SSSR count). The minimum Gasteiger partial charge on any atom is -0.463 e. The Morgan fingerprint density at radius 2 is 2.00 bits per heavy atom. The van der Waals surface area contributed by atoms with Crippen LogP contribution in [0, 0.1) is 16.0 Å². The second-order valence-electron chi connectivity index (χ2n) is 6.72. The summed E-state index contributed by atoms with van der Waals surface area (Å²) in [4.78, 5) is 35.3. The molecule has 0 aromatic heterocycles. The van der Waals surface area contributed by atoms with Crippen LogP contribution in [-0.2, 0) is 24.2 Å². The second kappa shape index (κ2) is 8.47. The van der Waals surface area contributed by atoms with Gasteiger partial charge in [-0.15, -0.1) is 0 Å². The Balaban J connectivity index is 2.26. The predicted molar refractivity (Wildman–Crippen MR) is 96.6 cm³/mol. The van der Waals surface area contributed by atoms with E-state index in [2.05, 4.69) is 5.32 Å². The van der Waals surface area contributed by atoms with E-state index in [0.29, 0.717) is 0 Å². The van der Waals surface area contributed by atoms with E-state index in [4.69, 9.17) is 4.74 Å². The van der Waals surface area contributed by atoms with Crippen LogP contribution in [0.4, 0.5) is 5.69 Å². The number of sulfone groups is 1. The Morgan fingerprint density at radius 3 is 2.56 bits per heavy atom. The quantitative estimate of drug-likeness (QED) is 0.418. The van der Waals surface area contributed by atoms with Gasteiger partial charge in [0, 0.05) is 6.07 Å². The van der Waals surface area contributed by atoms with Crippen molar-refractivity contribution in [2.45, 2.75) is 38.8 Å². The highest BCUT2D eigenvalue weighted by Crippen LogP contribution is 2.29. The molecule has 148 valence electrons. The van der Waals surface area contributed by atoms with Crippen molar-refractivity contribution in [3.05, 3.63) is 39.9 Å². The lowest BCUT2D eigenvalue weighted by molar-refractivity contribution is -0.385. The van der Waals surface area contributed by atoms with E-state index in [-0.39, 0.29) is 41.7 Å². The summed E-state index contributed by atoms with van der Waals surface area (Å²) in [5.74, 6) is -2.24. The standard InChI is InChI=1S/C17H22N2O7S/c1-11(2)26-16(20)9-14(13-5-3-4-6-15(13)19(22)23)18-17(21)12-7-8-27(24,25)10-12/h3-6,11-12,14H,7-10H2,1-2H3,(H,18,21). The first kappa shape index (κ1) is 20.8. The van der Waals surface area contributed by atoms with E-state index in [1.807, 2.05) is 0 Å². The Hall–Kier alpha value is -2.49. The third kappa shape index (κ3) is 5.75. The van der Waals surface area contributed by atoms with Crippen LogP contribution in [0.5, 0.6) is 0 Å². The van der Waals surface area contributed by atoms with Gasteiger partial charge < -0.3 is 10.1 Å². The zero-order chi connectivity index (χ0) is 20.2. The minimum absolute atomic E-state index is 0.0728. The maximum absolute atomic E-state index is 12.5. The third-order valence-corrected chi connectivity index (χ3v) is 5.93. The van der Waals surface area contributed by atoms with Gasteiger partial charge in [-0.1, -0.05) is 18.2 Å². The molecule has 1 amide bonds. The molecule has 1 N–H and O–H groups in total. The maximum Gasteiger partial charge on any atom is 0.308 e. The van der Waals surface area contributed by atoms with Crippen molar-refractivity contribution in [3.63, 3.8) is 0 Å². The van der Waals surface area contributed by atoms with Crippen LogP contribution in [0.3, 0.4) is 0 Å². The molecule has 1 aromatic carbocycles. The number of carbonyl (C=O) groups is 2. The zero-order valence-electron chi connectivity index (χ0n) is 15.1. The smallest absolute Gasteiger partial charge is 0.308 e. The van der Waals surface area contributed by atoms with Crippen LogP contribution in [0.1, 0.15) is 38.3 Å². The molecule has 1 aliphatic rings. The van der Waals surface area contributed by atoms with Gasteiger partial charge in [-0.2, -0.15) is 0 Å². The molecule has 0 aliphatic carbocycles. The number of esters is 1. The number of hydrogen-bond acceptors (Lipinski definition) is 7. The average molecular weight is 398 g/mol. The lowest BCUT2D eigenvalue weighted by Gasteiger charge is -2.21. The molecule has 1 aromatic rings. The third-order valence-electron chi connectivity index (χ3n) is 4.17. The van der Waals surface area contributed by atoms with Crippen LogP contribution in [0.15, 0.2) is 24.3 Å². The van der Waals surface area contributed by atoms with Crippen molar-refractivity contribution in [1.29, 1.82) is 0 Å². The Bertz CT molecular complexity index is 835. The van der Waals surface area contributed by atoms with Crippen LogP contribution in [-0.4, -0.2) is 42.8 Å². The number of hydrogen-bond donors (Lipinski definition) is 1. The monoisotopic (exact) mass is 398 g/mol. The van der Waals surface area contributed by atoms with Gasteiger partial charge in [-0.05, 0) is 20.3 Å². The van der Waals surface area contributed by atoms with Crippen molar-refractivity contribution < 1.29 is 27.7 Å². The molecule has 1 fully saturated rings. The lowest BCUT2D eigenvalue weighted by Crippen LogP contribution is -2.36. The van der Waals surface area contributed by atoms with Crippen LogP contribution >= 0.6 is 0 Å². The van der Waals surface area contributed by atoms with Crippen LogP contribution in [0.2, 0.25) is 0 Å². The summed E-state index contributed by atoms with van der Waals surface area (Å²) in [6.07, 6.45) is -0.484. The van der Waals surface area contributed by atoms with E-state index >= 15 is 0 Å². The van der Waals surface area contributed by atoms with E-state index in [1.165, 1.54) is 18.2 Å². The molecule has 0 radical (unpaired) electrons. The summed E-state index contributed by atoms with van der Waals surface area (Å²) in [6.45, 7) is 3.33. The van der Waals surface area contributed by atoms with Crippen molar-refractivity contribution in [2.75, 3.05) is 11.5 Å². The number of nitrogens with one attached hydrogen (secondary N) is 1. The first-order valence-electron chi connectivity index (χ1n) is 8.52. The van der Waals surface area contributed by atoms with E-state index in [9.17, 15) is 28.1 Å². The fourth-order valence-electron chi connectivity index (χ4n) is 2.96. The van der Waals surface area contributed by atoms with Crippen LogP contribution in [0.25, 0.3) is 0 Å². The van der Waals surface area contributed by atoms with Crippen LogP contribution < -0.4 is 5.32 Å². The molecule has 2 unspecified atom stereocenters. The largest absolute Gasteiger partial charge is 0.463 e. The van der Waals surface area contributed by atoms with E-state index in [0.717, 1.165) is 0 Å². The molecule has 9 nitrogen and oxygen atoms in total. The molecule has 0 saturated carbocycles. The molecular formula is C17H22N2O7S. The van der Waals surface area contributed by atoms with Gasteiger partial charge in [0.1, 0.15) is 0 Å². The Kier molecular flexibility index (Phi) is 6.53. The van der Waals surface area contributed by atoms with Crippen molar-refractivity contribution in [1.82, 2.24) is 5.32 Å². The number of para-hydroxylation sites is 1.